The highest BCUT2D eigenvalue weighted by Gasteiger charge is 2.20. The Morgan fingerprint density at radius 2 is 2.10 bits per heavy atom. The lowest BCUT2D eigenvalue weighted by atomic mass is 10.2. The average Bonchev–Trinajstić information content (AvgIpc) is 3.31. The molecule has 0 unspecified atom stereocenters. The lowest BCUT2D eigenvalue weighted by Crippen LogP contribution is -2.19. The minimum Gasteiger partial charge on any atom is -0.494 e. The van der Waals surface area contributed by atoms with Gasteiger partial charge in [0.15, 0.2) is 22.9 Å². The highest BCUT2D eigenvalue weighted by atomic mass is 35.5. The van der Waals surface area contributed by atoms with Crippen LogP contribution < -0.4 is 16.0 Å². The van der Waals surface area contributed by atoms with Crippen molar-refractivity contribution in [3.05, 3.63) is 63.9 Å². The minimum atomic E-state index is -0.127. The highest BCUT2D eigenvalue weighted by Crippen LogP contribution is 2.23. The maximum Gasteiger partial charge on any atom is 0.198 e. The zero-order valence-corrected chi connectivity index (χ0v) is 15.9. The van der Waals surface area contributed by atoms with Crippen LogP contribution in [0, 0.1) is 0 Å². The molecule has 0 spiro atoms. The summed E-state index contributed by atoms with van der Waals surface area (Å²) in [5.74, 6) is 0.360. The van der Waals surface area contributed by atoms with Crippen LogP contribution in [-0.2, 0) is 0 Å². The van der Waals surface area contributed by atoms with Crippen LogP contribution in [0.25, 0.3) is 11.7 Å². The van der Waals surface area contributed by atoms with Gasteiger partial charge in [-0.15, -0.1) is 0 Å². The van der Waals surface area contributed by atoms with E-state index in [2.05, 4.69) is 20.4 Å². The summed E-state index contributed by atoms with van der Waals surface area (Å²) in [6.45, 7) is 0. The number of halogens is 1. The second-order valence-electron chi connectivity index (χ2n) is 6.93. The third kappa shape index (κ3) is 3.62. The Labute approximate surface area is 169 Å². The summed E-state index contributed by atoms with van der Waals surface area (Å²) in [7, 11) is 0. The van der Waals surface area contributed by atoms with Crippen LogP contribution in [-0.4, -0.2) is 35.8 Å². The molecule has 3 aromatic heterocycles. The Balaban J connectivity index is 1.67. The molecule has 4 N–H and O–H groups in total. The molecule has 8 nitrogen and oxygen atoms in total. The van der Waals surface area contributed by atoms with Crippen molar-refractivity contribution in [1.29, 1.82) is 0 Å². The number of aromatic hydroxyl groups is 2. The largest absolute Gasteiger partial charge is 0.494 e. The number of nitrogens with one attached hydrogen (secondary N) is 2. The Morgan fingerprint density at radius 1 is 1.24 bits per heavy atom. The smallest absolute Gasteiger partial charge is 0.198 e. The number of aromatic nitrogens is 4. The third-order valence-corrected chi connectivity index (χ3v) is 4.80. The topological polar surface area (TPSA) is 111 Å². The summed E-state index contributed by atoms with van der Waals surface area (Å²) in [5.41, 5.74) is 2.53. The van der Waals surface area contributed by atoms with E-state index in [1.807, 2.05) is 24.3 Å². The summed E-state index contributed by atoms with van der Waals surface area (Å²) in [4.78, 5) is 11.9. The Hall–Kier alpha value is -3.52. The maximum absolute atomic E-state index is 9.92. The number of fused-ring (bicyclic) bond motifs is 1. The molecule has 3 heterocycles. The Morgan fingerprint density at radius 3 is 2.83 bits per heavy atom. The van der Waals surface area contributed by atoms with Gasteiger partial charge >= 0.3 is 0 Å². The number of anilines is 2. The van der Waals surface area contributed by atoms with Gasteiger partial charge < -0.3 is 15.5 Å². The third-order valence-electron chi connectivity index (χ3n) is 4.56. The quantitative estimate of drug-likeness (QED) is 0.414. The van der Waals surface area contributed by atoms with Crippen molar-refractivity contribution in [2.24, 2.45) is 4.99 Å². The molecule has 1 aliphatic rings. The fourth-order valence-electron chi connectivity index (χ4n) is 3.05. The van der Waals surface area contributed by atoms with Crippen LogP contribution >= 0.6 is 11.6 Å². The molecule has 9 heteroatoms. The summed E-state index contributed by atoms with van der Waals surface area (Å²) in [5, 5.41) is 28.5. The van der Waals surface area contributed by atoms with Crippen molar-refractivity contribution in [3.63, 3.8) is 0 Å². The first-order valence-electron chi connectivity index (χ1n) is 9.13. The van der Waals surface area contributed by atoms with E-state index in [-0.39, 0.29) is 11.8 Å². The molecular formula is C20H17ClN6O2. The molecule has 4 aromatic rings. The molecule has 5 rings (SSSR count). The number of hydrogen-bond acceptors (Lipinski definition) is 6. The predicted octanol–water partition coefficient (Wildman–Crippen LogP) is 2.48. The van der Waals surface area contributed by atoms with E-state index in [4.69, 9.17) is 16.6 Å². The van der Waals surface area contributed by atoms with Crippen LogP contribution in [0.15, 0.2) is 47.6 Å². The number of nitrogens with zero attached hydrogens (tertiary/aromatic N) is 4. The fraction of sp³-hybridized carbons (Fsp3) is 0.150. The zero-order valence-electron chi connectivity index (χ0n) is 15.2. The monoisotopic (exact) mass is 408 g/mol. The van der Waals surface area contributed by atoms with Gasteiger partial charge in [-0.05, 0) is 37.1 Å². The molecule has 0 amide bonds. The summed E-state index contributed by atoms with van der Waals surface area (Å²) >= 11 is 6.08. The highest BCUT2D eigenvalue weighted by molar-refractivity contribution is 6.30. The van der Waals surface area contributed by atoms with Crippen molar-refractivity contribution in [2.75, 3.05) is 5.32 Å². The predicted molar refractivity (Wildman–Crippen MR) is 109 cm³/mol. The van der Waals surface area contributed by atoms with E-state index in [0.29, 0.717) is 38.8 Å². The number of rotatable bonds is 4. The van der Waals surface area contributed by atoms with Gasteiger partial charge in [0, 0.05) is 33.6 Å². The molecule has 1 saturated carbocycles. The van der Waals surface area contributed by atoms with Gasteiger partial charge in [-0.25, -0.2) is 4.98 Å². The van der Waals surface area contributed by atoms with E-state index >= 15 is 0 Å². The molecule has 146 valence electrons. The van der Waals surface area contributed by atoms with Gasteiger partial charge in [-0.2, -0.15) is 9.61 Å². The number of H-pyrrole nitrogens is 1. The van der Waals surface area contributed by atoms with E-state index in [0.717, 1.165) is 18.5 Å². The molecule has 1 aliphatic carbocycles. The van der Waals surface area contributed by atoms with Gasteiger partial charge in [-0.3, -0.25) is 9.98 Å². The normalized spacial score (nSPS) is 15.3. The van der Waals surface area contributed by atoms with Crippen molar-refractivity contribution >= 4 is 34.8 Å². The first kappa shape index (κ1) is 17.6. The lowest BCUT2D eigenvalue weighted by molar-refractivity contribution is 0.425. The SMILES string of the molecule is Oc1cc(C=c2cnn3c(=NC4CC4)cc(Nc4cccc(Cl)c4)nc23)c(O)[nH]1. The summed E-state index contributed by atoms with van der Waals surface area (Å²) in [6.07, 6.45) is 5.49. The van der Waals surface area contributed by atoms with Gasteiger partial charge in [0.25, 0.3) is 0 Å². The average molecular weight is 409 g/mol. The fourth-order valence-corrected chi connectivity index (χ4v) is 3.24. The van der Waals surface area contributed by atoms with Crippen molar-refractivity contribution in [1.82, 2.24) is 19.6 Å². The Kier molecular flexibility index (Phi) is 4.13. The van der Waals surface area contributed by atoms with Gasteiger partial charge in [0.05, 0.1) is 12.2 Å². The van der Waals surface area contributed by atoms with Gasteiger partial charge in [0.1, 0.15) is 5.82 Å². The van der Waals surface area contributed by atoms with Crippen molar-refractivity contribution in [3.8, 4) is 11.8 Å². The van der Waals surface area contributed by atoms with Crippen LogP contribution in [0.3, 0.4) is 0 Å². The number of benzene rings is 1. The summed E-state index contributed by atoms with van der Waals surface area (Å²) in [6, 6.07) is 11.0. The van der Waals surface area contributed by atoms with Crippen molar-refractivity contribution in [2.45, 2.75) is 18.9 Å². The van der Waals surface area contributed by atoms with Crippen LogP contribution in [0.4, 0.5) is 11.5 Å². The molecule has 0 bridgehead atoms. The van der Waals surface area contributed by atoms with Crippen LogP contribution in [0.1, 0.15) is 18.4 Å². The first-order valence-corrected chi connectivity index (χ1v) is 9.51. The lowest BCUT2D eigenvalue weighted by Gasteiger charge is -2.06. The van der Waals surface area contributed by atoms with Gasteiger partial charge in [0.2, 0.25) is 0 Å². The van der Waals surface area contributed by atoms with Crippen molar-refractivity contribution < 1.29 is 10.2 Å². The van der Waals surface area contributed by atoms with Crippen LogP contribution in [0.2, 0.25) is 5.02 Å². The second-order valence-corrected chi connectivity index (χ2v) is 7.37. The van der Waals surface area contributed by atoms with E-state index < -0.39 is 0 Å². The van der Waals surface area contributed by atoms with Crippen LogP contribution in [0.5, 0.6) is 11.8 Å². The molecule has 0 atom stereocenters. The molecule has 29 heavy (non-hydrogen) atoms. The van der Waals surface area contributed by atoms with Gasteiger partial charge in [-0.1, -0.05) is 17.7 Å². The molecule has 1 fully saturated rings. The molecule has 0 aliphatic heterocycles. The van der Waals surface area contributed by atoms with E-state index in [1.165, 1.54) is 6.07 Å². The van der Waals surface area contributed by atoms with E-state index in [1.54, 1.807) is 22.9 Å². The second kappa shape index (κ2) is 6.82. The standard InChI is InChI=1S/C20H17ClN6O2/c21-13-2-1-3-15(8-13)23-16-9-17(24-14-4-5-14)27-19(25-16)12(10-22-27)6-11-7-18(28)26-20(11)29/h1-3,6-10,14,23,26,28-29H,4-5H2. The minimum absolute atomic E-state index is 0.120. The number of aromatic amines is 1. The zero-order chi connectivity index (χ0) is 20.0. The summed E-state index contributed by atoms with van der Waals surface area (Å²) < 4.78 is 1.68. The molecular weight excluding hydrogens is 392 g/mol. The Bertz CT molecular complexity index is 1340. The molecule has 1 aromatic carbocycles. The maximum atomic E-state index is 9.92. The first-order chi connectivity index (χ1) is 14.0. The number of hydrogen-bond donors (Lipinski definition) is 4. The molecule has 0 radical (unpaired) electrons. The molecule has 0 saturated heterocycles. The van der Waals surface area contributed by atoms with E-state index in [9.17, 15) is 10.2 Å².